The van der Waals surface area contributed by atoms with Crippen molar-refractivity contribution in [3.63, 3.8) is 0 Å². The quantitative estimate of drug-likeness (QED) is 0.771. The van der Waals surface area contributed by atoms with E-state index in [1.54, 1.807) is 0 Å². The lowest BCUT2D eigenvalue weighted by Gasteiger charge is -2.25. The molecule has 0 aliphatic carbocycles. The van der Waals surface area contributed by atoms with Gasteiger partial charge in [-0.2, -0.15) is 0 Å². The van der Waals surface area contributed by atoms with Gasteiger partial charge in [-0.25, -0.2) is 0 Å². The van der Waals surface area contributed by atoms with Gasteiger partial charge in [0.2, 0.25) is 5.91 Å². The fourth-order valence-electron chi connectivity index (χ4n) is 1.84. The van der Waals surface area contributed by atoms with Crippen molar-refractivity contribution in [2.24, 2.45) is 5.41 Å². The smallest absolute Gasteiger partial charge is 0.225 e. The minimum Gasteiger partial charge on any atom is -0.352 e. The van der Waals surface area contributed by atoms with Gasteiger partial charge in [-0.05, 0) is 32.9 Å². The molecular formula is C12H24N2O. The summed E-state index contributed by atoms with van der Waals surface area (Å²) in [6.45, 7) is 11.3. The molecule has 1 aliphatic rings. The molecule has 0 saturated carbocycles. The summed E-state index contributed by atoms with van der Waals surface area (Å²) < 4.78 is 0. The number of nitrogens with zero attached hydrogens (tertiary/aromatic N) is 1. The Bertz CT molecular complexity index is 214. The summed E-state index contributed by atoms with van der Waals surface area (Å²) in [7, 11) is 0. The molecule has 1 atom stereocenters. The average molecular weight is 212 g/mol. The zero-order chi connectivity index (χ0) is 11.5. The first-order valence-electron chi connectivity index (χ1n) is 5.93. The van der Waals surface area contributed by atoms with Crippen LogP contribution in [0.1, 0.15) is 40.5 Å². The summed E-state index contributed by atoms with van der Waals surface area (Å²) >= 11 is 0. The van der Waals surface area contributed by atoms with Gasteiger partial charge in [-0.15, -0.1) is 0 Å². The third-order valence-electron chi connectivity index (χ3n) is 2.79. The van der Waals surface area contributed by atoms with Crippen LogP contribution in [-0.4, -0.2) is 36.5 Å². The first-order valence-corrected chi connectivity index (χ1v) is 5.93. The molecule has 1 fully saturated rings. The number of likely N-dealkylation sites (tertiary alicyclic amines) is 1. The molecule has 0 spiro atoms. The molecule has 3 nitrogen and oxygen atoms in total. The van der Waals surface area contributed by atoms with Gasteiger partial charge in [-0.1, -0.05) is 20.8 Å². The van der Waals surface area contributed by atoms with Crippen molar-refractivity contribution in [2.75, 3.05) is 19.6 Å². The van der Waals surface area contributed by atoms with Crippen molar-refractivity contribution in [3.8, 4) is 0 Å². The maximum atomic E-state index is 11.7. The molecule has 0 aromatic carbocycles. The third kappa shape index (κ3) is 4.20. The van der Waals surface area contributed by atoms with Crippen LogP contribution in [0.3, 0.4) is 0 Å². The van der Waals surface area contributed by atoms with E-state index >= 15 is 0 Å². The first-order chi connectivity index (χ1) is 6.89. The number of hydrogen-bond donors (Lipinski definition) is 1. The molecule has 1 heterocycles. The maximum Gasteiger partial charge on any atom is 0.225 e. The topological polar surface area (TPSA) is 32.3 Å². The average Bonchev–Trinajstić information content (AvgIpc) is 2.54. The highest BCUT2D eigenvalue weighted by molar-refractivity contribution is 5.81. The molecule has 0 radical (unpaired) electrons. The molecule has 0 aromatic rings. The predicted molar refractivity (Wildman–Crippen MR) is 62.7 cm³/mol. The molecule has 15 heavy (non-hydrogen) atoms. The number of nitrogens with one attached hydrogen (secondary N) is 1. The number of carbonyl (C=O) groups excluding carboxylic acids is 1. The van der Waals surface area contributed by atoms with Gasteiger partial charge in [0, 0.05) is 18.0 Å². The standard InChI is InChI=1S/C12H24N2O/c1-10(9-14-7-5-6-8-14)13-11(15)12(2,3)4/h10H,5-9H2,1-4H3,(H,13,15). The minimum absolute atomic E-state index is 0.147. The van der Waals surface area contributed by atoms with E-state index < -0.39 is 0 Å². The molecule has 1 saturated heterocycles. The van der Waals surface area contributed by atoms with Crippen LogP contribution < -0.4 is 5.32 Å². The molecule has 3 heteroatoms. The van der Waals surface area contributed by atoms with Crippen LogP contribution in [0, 0.1) is 5.41 Å². The van der Waals surface area contributed by atoms with E-state index in [-0.39, 0.29) is 17.4 Å². The fourth-order valence-corrected chi connectivity index (χ4v) is 1.84. The van der Waals surface area contributed by atoms with Crippen LogP contribution in [0.5, 0.6) is 0 Å². The fraction of sp³-hybridized carbons (Fsp3) is 0.917. The second kappa shape index (κ2) is 4.97. The largest absolute Gasteiger partial charge is 0.352 e. The molecule has 0 aromatic heterocycles. The second-order valence-electron chi connectivity index (χ2n) is 5.63. The minimum atomic E-state index is -0.279. The summed E-state index contributed by atoms with van der Waals surface area (Å²) in [5.41, 5.74) is -0.279. The normalized spacial score (nSPS) is 20.3. The summed E-state index contributed by atoms with van der Waals surface area (Å²) in [4.78, 5) is 14.1. The lowest BCUT2D eigenvalue weighted by molar-refractivity contribution is -0.129. The Morgan fingerprint density at radius 2 is 1.87 bits per heavy atom. The van der Waals surface area contributed by atoms with Gasteiger partial charge in [0.05, 0.1) is 0 Å². The Labute approximate surface area is 93.2 Å². The Morgan fingerprint density at radius 1 is 1.33 bits per heavy atom. The van der Waals surface area contributed by atoms with Crippen molar-refractivity contribution >= 4 is 5.91 Å². The van der Waals surface area contributed by atoms with E-state index in [1.165, 1.54) is 25.9 Å². The van der Waals surface area contributed by atoms with Crippen LogP contribution in [0.15, 0.2) is 0 Å². The van der Waals surface area contributed by atoms with E-state index in [0.717, 1.165) is 6.54 Å². The van der Waals surface area contributed by atoms with Crippen molar-refractivity contribution in [2.45, 2.75) is 46.6 Å². The predicted octanol–water partition coefficient (Wildman–Crippen LogP) is 1.63. The van der Waals surface area contributed by atoms with Gasteiger partial charge in [-0.3, -0.25) is 4.79 Å². The van der Waals surface area contributed by atoms with Crippen molar-refractivity contribution in [1.29, 1.82) is 0 Å². The van der Waals surface area contributed by atoms with E-state index in [2.05, 4.69) is 17.1 Å². The summed E-state index contributed by atoms with van der Waals surface area (Å²) in [5.74, 6) is 0.147. The monoisotopic (exact) mass is 212 g/mol. The Hall–Kier alpha value is -0.570. The number of amides is 1. The first kappa shape index (κ1) is 12.5. The third-order valence-corrected chi connectivity index (χ3v) is 2.79. The molecule has 1 unspecified atom stereocenters. The highest BCUT2D eigenvalue weighted by Crippen LogP contribution is 2.13. The zero-order valence-electron chi connectivity index (χ0n) is 10.5. The number of rotatable bonds is 3. The highest BCUT2D eigenvalue weighted by Gasteiger charge is 2.23. The van der Waals surface area contributed by atoms with Gasteiger partial charge >= 0.3 is 0 Å². The lowest BCUT2D eigenvalue weighted by Crippen LogP contribution is -2.45. The van der Waals surface area contributed by atoms with Crippen LogP contribution in [0.25, 0.3) is 0 Å². The van der Waals surface area contributed by atoms with Crippen molar-refractivity contribution < 1.29 is 4.79 Å². The summed E-state index contributed by atoms with van der Waals surface area (Å²) in [6, 6.07) is 0.259. The van der Waals surface area contributed by atoms with E-state index in [9.17, 15) is 4.79 Å². The second-order valence-corrected chi connectivity index (χ2v) is 5.63. The van der Waals surface area contributed by atoms with E-state index in [4.69, 9.17) is 0 Å². The molecule has 88 valence electrons. The Kier molecular flexibility index (Phi) is 4.14. The molecule has 0 bridgehead atoms. The van der Waals surface area contributed by atoms with Gasteiger partial charge < -0.3 is 10.2 Å². The van der Waals surface area contributed by atoms with E-state index in [0.29, 0.717) is 0 Å². The lowest BCUT2D eigenvalue weighted by atomic mass is 9.95. The van der Waals surface area contributed by atoms with Gasteiger partial charge in [0.15, 0.2) is 0 Å². The molecular weight excluding hydrogens is 188 g/mol. The van der Waals surface area contributed by atoms with Crippen molar-refractivity contribution in [3.05, 3.63) is 0 Å². The molecule has 1 N–H and O–H groups in total. The SMILES string of the molecule is CC(CN1CCCC1)NC(=O)C(C)(C)C. The Balaban J connectivity index is 2.28. The van der Waals surface area contributed by atoms with Crippen LogP contribution in [0.2, 0.25) is 0 Å². The molecule has 1 aliphatic heterocycles. The molecule has 1 rings (SSSR count). The van der Waals surface area contributed by atoms with Gasteiger partial charge in [0.1, 0.15) is 0 Å². The Morgan fingerprint density at radius 3 is 2.33 bits per heavy atom. The summed E-state index contributed by atoms with van der Waals surface area (Å²) in [5, 5.41) is 3.07. The van der Waals surface area contributed by atoms with Crippen molar-refractivity contribution in [1.82, 2.24) is 10.2 Å². The van der Waals surface area contributed by atoms with E-state index in [1.807, 2.05) is 20.8 Å². The molecule has 1 amide bonds. The van der Waals surface area contributed by atoms with Crippen LogP contribution >= 0.6 is 0 Å². The number of hydrogen-bond acceptors (Lipinski definition) is 2. The van der Waals surface area contributed by atoms with Crippen LogP contribution in [-0.2, 0) is 4.79 Å². The zero-order valence-corrected chi connectivity index (χ0v) is 10.5. The maximum absolute atomic E-state index is 11.7. The summed E-state index contributed by atoms with van der Waals surface area (Å²) in [6.07, 6.45) is 2.61. The number of carbonyl (C=O) groups is 1. The van der Waals surface area contributed by atoms with Crippen LogP contribution in [0.4, 0.5) is 0 Å². The highest BCUT2D eigenvalue weighted by atomic mass is 16.2. The van der Waals surface area contributed by atoms with Gasteiger partial charge in [0.25, 0.3) is 0 Å².